The molecule has 1 unspecified atom stereocenters. The molecule has 0 radical (unpaired) electrons. The number of para-hydroxylation sites is 1. The summed E-state index contributed by atoms with van der Waals surface area (Å²) in [6, 6.07) is 24.8. The third kappa shape index (κ3) is 5.50. The van der Waals surface area contributed by atoms with Gasteiger partial charge in [0.05, 0.1) is 11.4 Å². The van der Waals surface area contributed by atoms with Crippen LogP contribution in [0.2, 0.25) is 0 Å². The summed E-state index contributed by atoms with van der Waals surface area (Å²) in [5, 5.41) is 4.26. The molecule has 4 rings (SSSR count). The first kappa shape index (κ1) is 22.8. The fraction of sp³-hybridized carbons (Fsp3) is 0.192. The fourth-order valence-corrected chi connectivity index (χ4v) is 4.76. The Kier molecular flexibility index (Phi) is 6.62. The molecular formula is C26H27N3O3S. The zero-order valence-corrected chi connectivity index (χ0v) is 19.8. The third-order valence-electron chi connectivity index (χ3n) is 5.58. The lowest BCUT2D eigenvalue weighted by molar-refractivity contribution is 0.482. The van der Waals surface area contributed by atoms with E-state index in [9.17, 15) is 8.76 Å². The minimum absolute atomic E-state index is 0.233. The van der Waals surface area contributed by atoms with Crippen LogP contribution in [0, 0.1) is 13.8 Å². The second kappa shape index (κ2) is 9.60. The Balaban J connectivity index is 1.36. The van der Waals surface area contributed by atoms with Crippen LogP contribution in [0.15, 0.2) is 83.8 Å². The summed E-state index contributed by atoms with van der Waals surface area (Å²) < 4.78 is 35.8. The number of hydrogen-bond donors (Lipinski definition) is 1. The van der Waals surface area contributed by atoms with E-state index in [0.29, 0.717) is 11.4 Å². The van der Waals surface area contributed by atoms with Gasteiger partial charge in [0.1, 0.15) is 17.2 Å². The number of aryl methyl sites for hydroxylation is 4. The largest absolute Gasteiger partial charge is 0.588 e. The number of sulfonamides is 1. The molecule has 0 fully saturated rings. The molecule has 0 aliphatic carbocycles. The van der Waals surface area contributed by atoms with Gasteiger partial charge in [-0.15, -0.1) is 0 Å². The van der Waals surface area contributed by atoms with Gasteiger partial charge in [0.25, 0.3) is 0 Å². The molecule has 3 aromatic carbocycles. The van der Waals surface area contributed by atoms with Crippen molar-refractivity contribution in [2.45, 2.75) is 31.6 Å². The van der Waals surface area contributed by atoms with Crippen LogP contribution < -0.4 is 9.46 Å². The smallest absolute Gasteiger partial charge is 0.180 e. The summed E-state index contributed by atoms with van der Waals surface area (Å²) >= 11 is 0. The zero-order chi connectivity index (χ0) is 23.4. The van der Waals surface area contributed by atoms with Crippen molar-refractivity contribution < 1.29 is 13.5 Å². The molecule has 0 aliphatic heterocycles. The van der Waals surface area contributed by atoms with E-state index in [2.05, 4.69) is 22.0 Å². The number of hydrogen-bond acceptors (Lipinski definition) is 4. The summed E-state index contributed by atoms with van der Waals surface area (Å²) in [5.74, 6) is 1.61. The van der Waals surface area contributed by atoms with Gasteiger partial charge in [0.2, 0.25) is 0 Å². The molecule has 1 N–H and O–H groups in total. The monoisotopic (exact) mass is 461 g/mol. The lowest BCUT2D eigenvalue weighted by atomic mass is 10.0. The molecule has 4 aromatic rings. The highest BCUT2D eigenvalue weighted by Gasteiger charge is 2.24. The van der Waals surface area contributed by atoms with Gasteiger partial charge < -0.3 is 9.29 Å². The summed E-state index contributed by atoms with van der Waals surface area (Å²) in [4.78, 5) is 0.233. The van der Waals surface area contributed by atoms with E-state index in [1.165, 1.54) is 5.56 Å². The van der Waals surface area contributed by atoms with Crippen molar-refractivity contribution >= 4 is 16.1 Å². The number of rotatable bonds is 8. The van der Waals surface area contributed by atoms with Gasteiger partial charge in [0.15, 0.2) is 15.3 Å². The van der Waals surface area contributed by atoms with Crippen molar-refractivity contribution in [3.05, 3.63) is 101 Å². The lowest BCUT2D eigenvalue weighted by Gasteiger charge is -2.16. The van der Waals surface area contributed by atoms with E-state index >= 15 is 0 Å². The molecule has 6 nitrogen and oxygen atoms in total. The maximum absolute atomic E-state index is 12.8. The second-order valence-corrected chi connectivity index (χ2v) is 9.66. The molecule has 1 heterocycles. The minimum Gasteiger partial charge on any atom is -0.588 e. The van der Waals surface area contributed by atoms with Gasteiger partial charge >= 0.3 is 0 Å². The highest BCUT2D eigenvalue weighted by molar-refractivity contribution is 7.99. The molecule has 0 spiro atoms. The Labute approximate surface area is 195 Å². The number of nitrogens with one attached hydrogen (secondary N) is 1. The van der Waals surface area contributed by atoms with E-state index in [0.717, 1.165) is 35.6 Å². The number of anilines is 1. The van der Waals surface area contributed by atoms with Crippen molar-refractivity contribution in [2.75, 3.05) is 4.72 Å². The second-order valence-electron chi connectivity index (χ2n) is 7.98. The standard InChI is InChI=1S/C26H27N3O3S/c1-19-26(20(2)29(3)27-19)28-33(30,31)25-17-13-22(14-18-25)10-9-21-11-15-24(16-12-21)32-23-7-5-4-6-8-23/h4-8,11-18H,9-10H2,1-3H3,(H-,28,30,31). The molecule has 7 heteroatoms. The first-order valence-corrected chi connectivity index (χ1v) is 12.2. The molecule has 0 saturated heterocycles. The maximum atomic E-state index is 12.8. The normalized spacial score (nSPS) is 12.8. The van der Waals surface area contributed by atoms with Gasteiger partial charge in [-0.1, -0.05) is 46.7 Å². The predicted octanol–water partition coefficient (Wildman–Crippen LogP) is 5.63. The highest BCUT2D eigenvalue weighted by Crippen LogP contribution is 2.26. The Morgan fingerprint density at radius 1 is 0.879 bits per heavy atom. The number of nitrogens with zero attached hydrogens (tertiary/aromatic N) is 2. The molecule has 0 aliphatic rings. The third-order valence-corrected chi connectivity index (χ3v) is 6.95. The van der Waals surface area contributed by atoms with E-state index in [1.54, 1.807) is 30.8 Å². The summed E-state index contributed by atoms with van der Waals surface area (Å²) in [7, 11) is -1.89. The van der Waals surface area contributed by atoms with E-state index in [1.807, 2.05) is 61.5 Å². The van der Waals surface area contributed by atoms with Crippen molar-refractivity contribution in [1.82, 2.24) is 9.78 Å². The van der Waals surface area contributed by atoms with E-state index in [4.69, 9.17) is 4.74 Å². The summed E-state index contributed by atoms with van der Waals surface area (Å²) in [5.41, 5.74) is 4.22. The number of aromatic nitrogens is 2. The molecule has 0 bridgehead atoms. The van der Waals surface area contributed by atoms with Crippen molar-refractivity contribution in [3.63, 3.8) is 0 Å². The Hall–Kier alpha value is -3.42. The molecular weight excluding hydrogens is 434 g/mol. The van der Waals surface area contributed by atoms with Gasteiger partial charge in [0, 0.05) is 7.05 Å². The molecule has 0 saturated carbocycles. The van der Waals surface area contributed by atoms with Crippen molar-refractivity contribution in [1.29, 1.82) is 0 Å². The van der Waals surface area contributed by atoms with Crippen LogP contribution in [-0.2, 0) is 34.5 Å². The molecule has 1 aromatic heterocycles. The molecule has 33 heavy (non-hydrogen) atoms. The first-order valence-electron chi connectivity index (χ1n) is 10.8. The number of benzene rings is 3. The summed E-state index contributed by atoms with van der Waals surface area (Å²) in [6.07, 6.45) is 1.66. The van der Waals surface area contributed by atoms with Crippen molar-refractivity contribution in [2.24, 2.45) is 7.05 Å². The van der Waals surface area contributed by atoms with Gasteiger partial charge in [-0.2, -0.15) is 9.82 Å². The number of ether oxygens (including phenoxy) is 1. The lowest BCUT2D eigenvalue weighted by Crippen LogP contribution is -2.21. The van der Waals surface area contributed by atoms with E-state index < -0.39 is 10.4 Å². The average Bonchev–Trinajstić information content (AvgIpc) is 3.05. The Morgan fingerprint density at radius 3 is 1.97 bits per heavy atom. The fourth-order valence-electron chi connectivity index (χ4n) is 3.59. The average molecular weight is 462 g/mol. The van der Waals surface area contributed by atoms with Gasteiger partial charge in [-0.3, -0.25) is 4.68 Å². The van der Waals surface area contributed by atoms with Crippen LogP contribution in [0.3, 0.4) is 0 Å². The molecule has 170 valence electrons. The zero-order valence-electron chi connectivity index (χ0n) is 18.9. The molecule has 1 atom stereocenters. The quantitative estimate of drug-likeness (QED) is 0.345. The van der Waals surface area contributed by atoms with E-state index in [-0.39, 0.29) is 4.90 Å². The molecule has 0 amide bonds. The summed E-state index contributed by atoms with van der Waals surface area (Å²) in [6.45, 7) is 3.62. The SMILES string of the molecule is Cc1nn(C)c(C)c1N[S+](=O)([O-])c1ccc(CCc2ccc(Oc3ccccc3)cc2)cc1. The topological polar surface area (TPSA) is 79.2 Å². The highest BCUT2D eigenvalue weighted by atomic mass is 32.3. The van der Waals surface area contributed by atoms with Crippen LogP contribution in [0.4, 0.5) is 5.69 Å². The van der Waals surface area contributed by atoms with Gasteiger partial charge in [-0.05, 0) is 74.2 Å². The van der Waals surface area contributed by atoms with Gasteiger partial charge in [-0.25, -0.2) is 0 Å². The Morgan fingerprint density at radius 2 is 1.42 bits per heavy atom. The Bertz CT molecular complexity index is 1270. The van der Waals surface area contributed by atoms with Crippen LogP contribution in [-0.4, -0.2) is 14.3 Å². The first-order chi connectivity index (χ1) is 15.8. The maximum Gasteiger partial charge on any atom is 0.180 e. The predicted molar refractivity (Wildman–Crippen MR) is 130 cm³/mol. The van der Waals surface area contributed by atoms with Crippen LogP contribution >= 0.6 is 0 Å². The van der Waals surface area contributed by atoms with Crippen LogP contribution in [0.1, 0.15) is 22.5 Å². The van der Waals surface area contributed by atoms with Crippen molar-refractivity contribution in [3.8, 4) is 11.5 Å². The van der Waals surface area contributed by atoms with Crippen LogP contribution in [0.5, 0.6) is 11.5 Å². The van der Waals surface area contributed by atoms with Crippen LogP contribution in [0.25, 0.3) is 0 Å². The minimum atomic E-state index is -3.68.